The zero-order chi connectivity index (χ0) is 14.0. The minimum atomic E-state index is -1.15. The number of nitrogens with one attached hydrogen (secondary N) is 2. The fourth-order valence-electron chi connectivity index (χ4n) is 1.82. The number of hydrogen-bond acceptors (Lipinski definition) is 3. The van der Waals surface area contributed by atoms with Crippen molar-refractivity contribution in [2.45, 2.75) is 13.8 Å². The summed E-state index contributed by atoms with van der Waals surface area (Å²) in [5.74, 6) is -1.62. The molecule has 0 aliphatic rings. The summed E-state index contributed by atoms with van der Waals surface area (Å²) in [5.41, 5.74) is 5.59. The Morgan fingerprint density at radius 2 is 2.11 bits per heavy atom. The van der Waals surface area contributed by atoms with Crippen LogP contribution in [0.25, 0.3) is 10.9 Å². The van der Waals surface area contributed by atoms with Crippen LogP contribution in [-0.4, -0.2) is 28.6 Å². The van der Waals surface area contributed by atoms with Crippen molar-refractivity contribution in [3.05, 3.63) is 35.0 Å². The summed E-state index contributed by atoms with van der Waals surface area (Å²) in [6.45, 7) is 3.36. The van der Waals surface area contributed by atoms with E-state index in [1.165, 1.54) is 0 Å². The number of aromatic amines is 1. The monoisotopic (exact) mass is 262 g/mol. The smallest absolute Gasteiger partial charge is 0.332 e. The van der Waals surface area contributed by atoms with Gasteiger partial charge in [-0.05, 0) is 37.6 Å². The first-order valence-electron chi connectivity index (χ1n) is 5.72. The fraction of sp³-hybridized carbons (Fsp3) is 0.231. The first-order valence-corrected chi connectivity index (χ1v) is 5.72. The first kappa shape index (κ1) is 13.1. The van der Waals surface area contributed by atoms with Gasteiger partial charge in [0.15, 0.2) is 6.61 Å². The molecule has 0 radical (unpaired) electrons. The van der Waals surface area contributed by atoms with Crippen molar-refractivity contribution in [1.29, 1.82) is 0 Å². The van der Waals surface area contributed by atoms with Gasteiger partial charge in [-0.3, -0.25) is 9.63 Å². The molecule has 0 spiro atoms. The Hall–Kier alpha value is -2.34. The highest BCUT2D eigenvalue weighted by Gasteiger charge is 2.10. The second kappa shape index (κ2) is 5.11. The number of aromatic nitrogens is 1. The summed E-state index contributed by atoms with van der Waals surface area (Å²) in [7, 11) is 0. The average Bonchev–Trinajstić information content (AvgIpc) is 2.64. The zero-order valence-corrected chi connectivity index (χ0v) is 10.6. The van der Waals surface area contributed by atoms with Gasteiger partial charge in [0, 0.05) is 22.2 Å². The Bertz CT molecular complexity index is 645. The molecule has 0 bridgehead atoms. The third-order valence-electron chi connectivity index (χ3n) is 2.93. The van der Waals surface area contributed by atoms with Crippen LogP contribution in [0.5, 0.6) is 0 Å². The summed E-state index contributed by atoms with van der Waals surface area (Å²) in [5, 5.41) is 9.36. The second-order valence-electron chi connectivity index (χ2n) is 4.25. The highest BCUT2D eigenvalue weighted by Crippen LogP contribution is 2.22. The molecule has 3 N–H and O–H groups in total. The van der Waals surface area contributed by atoms with Crippen LogP contribution < -0.4 is 5.48 Å². The van der Waals surface area contributed by atoms with Crippen LogP contribution in [0.15, 0.2) is 18.2 Å². The predicted molar refractivity (Wildman–Crippen MR) is 68.8 cm³/mol. The van der Waals surface area contributed by atoms with E-state index < -0.39 is 18.5 Å². The molecule has 0 aliphatic heterocycles. The third-order valence-corrected chi connectivity index (χ3v) is 2.93. The van der Waals surface area contributed by atoms with Gasteiger partial charge < -0.3 is 10.1 Å². The van der Waals surface area contributed by atoms with Gasteiger partial charge >= 0.3 is 5.97 Å². The van der Waals surface area contributed by atoms with Crippen LogP contribution in [0.1, 0.15) is 21.6 Å². The van der Waals surface area contributed by atoms with Crippen LogP contribution in [0.2, 0.25) is 0 Å². The molecule has 1 aromatic carbocycles. The first-order chi connectivity index (χ1) is 8.99. The number of carbonyl (C=O) groups excluding carboxylic acids is 1. The highest BCUT2D eigenvalue weighted by molar-refractivity contribution is 5.98. The summed E-state index contributed by atoms with van der Waals surface area (Å²) in [6, 6.07) is 5.20. The zero-order valence-electron chi connectivity index (χ0n) is 10.6. The molecule has 1 heterocycles. The topological polar surface area (TPSA) is 91.4 Å². The lowest BCUT2D eigenvalue weighted by atomic mass is 10.1. The second-order valence-corrected chi connectivity index (χ2v) is 4.25. The van der Waals surface area contributed by atoms with Crippen molar-refractivity contribution in [2.24, 2.45) is 0 Å². The molecule has 6 heteroatoms. The number of carboxylic acid groups (broad SMARTS) is 1. The third kappa shape index (κ3) is 2.74. The van der Waals surface area contributed by atoms with Gasteiger partial charge in [-0.1, -0.05) is 0 Å². The molecule has 0 saturated carbocycles. The fourth-order valence-corrected chi connectivity index (χ4v) is 1.82. The summed E-state index contributed by atoms with van der Waals surface area (Å²) in [6.07, 6.45) is 0. The number of fused-ring (bicyclic) bond motifs is 1. The van der Waals surface area contributed by atoms with Crippen LogP contribution in [0.3, 0.4) is 0 Å². The number of hydrogen-bond donors (Lipinski definition) is 3. The Morgan fingerprint density at radius 1 is 1.37 bits per heavy atom. The molecule has 2 aromatic rings. The van der Waals surface area contributed by atoms with Gasteiger partial charge in [0.2, 0.25) is 0 Å². The van der Waals surface area contributed by atoms with Crippen molar-refractivity contribution in [3.8, 4) is 0 Å². The van der Waals surface area contributed by atoms with Crippen molar-refractivity contribution in [3.63, 3.8) is 0 Å². The van der Waals surface area contributed by atoms with Crippen LogP contribution >= 0.6 is 0 Å². The van der Waals surface area contributed by atoms with E-state index >= 15 is 0 Å². The molecule has 0 fully saturated rings. The minimum Gasteiger partial charge on any atom is -0.479 e. The maximum atomic E-state index is 11.7. The van der Waals surface area contributed by atoms with Gasteiger partial charge in [-0.2, -0.15) is 0 Å². The minimum absolute atomic E-state index is 0.417. The van der Waals surface area contributed by atoms with Crippen molar-refractivity contribution in [1.82, 2.24) is 10.5 Å². The molecule has 19 heavy (non-hydrogen) atoms. The molecule has 1 amide bonds. The van der Waals surface area contributed by atoms with Crippen molar-refractivity contribution >= 4 is 22.8 Å². The highest BCUT2D eigenvalue weighted by atomic mass is 16.7. The predicted octanol–water partition coefficient (Wildman–Crippen LogP) is 1.53. The quantitative estimate of drug-likeness (QED) is 0.729. The molecule has 100 valence electrons. The molecular weight excluding hydrogens is 248 g/mol. The largest absolute Gasteiger partial charge is 0.479 e. The molecule has 0 saturated heterocycles. The number of carboxylic acids is 1. The van der Waals surface area contributed by atoms with E-state index in [2.05, 4.69) is 15.3 Å². The molecule has 6 nitrogen and oxygen atoms in total. The van der Waals surface area contributed by atoms with E-state index in [-0.39, 0.29) is 0 Å². The van der Waals surface area contributed by atoms with Gasteiger partial charge in [0.25, 0.3) is 5.91 Å². The average molecular weight is 262 g/mol. The molecule has 0 atom stereocenters. The van der Waals surface area contributed by atoms with Gasteiger partial charge in [0.1, 0.15) is 0 Å². The van der Waals surface area contributed by atoms with E-state index in [4.69, 9.17) is 5.11 Å². The number of carbonyl (C=O) groups is 2. The van der Waals surface area contributed by atoms with E-state index in [9.17, 15) is 9.59 Å². The number of aliphatic carboxylic acids is 1. The normalized spacial score (nSPS) is 10.6. The number of H-pyrrole nitrogens is 1. The van der Waals surface area contributed by atoms with Gasteiger partial charge in [-0.25, -0.2) is 10.3 Å². The molecule has 0 unspecified atom stereocenters. The van der Waals surface area contributed by atoms with E-state index in [0.717, 1.165) is 22.2 Å². The van der Waals surface area contributed by atoms with Crippen LogP contribution in [0, 0.1) is 13.8 Å². The number of rotatable bonds is 4. The summed E-state index contributed by atoms with van der Waals surface area (Å²) < 4.78 is 0. The molecular formula is C13H14N2O4. The van der Waals surface area contributed by atoms with Gasteiger partial charge in [0.05, 0.1) is 0 Å². The Kier molecular flexibility index (Phi) is 3.52. The Balaban J connectivity index is 2.18. The number of hydroxylamine groups is 1. The number of amides is 1. The Labute approximate surface area is 109 Å². The standard InChI is InChI=1S/C13H14N2O4/c1-7-8(2)14-11-4-3-9(5-10(7)11)13(18)15-19-6-12(16)17/h3-5,14H,6H2,1-2H3,(H,15,18)(H,16,17). The van der Waals surface area contributed by atoms with E-state index in [1.807, 2.05) is 13.8 Å². The number of benzene rings is 1. The van der Waals surface area contributed by atoms with Crippen molar-refractivity contribution in [2.75, 3.05) is 6.61 Å². The maximum Gasteiger partial charge on any atom is 0.332 e. The lowest BCUT2D eigenvalue weighted by Crippen LogP contribution is -2.26. The van der Waals surface area contributed by atoms with Gasteiger partial charge in [-0.15, -0.1) is 0 Å². The SMILES string of the molecule is Cc1[nH]c2ccc(C(=O)NOCC(=O)O)cc2c1C. The summed E-state index contributed by atoms with van der Waals surface area (Å²) >= 11 is 0. The maximum absolute atomic E-state index is 11.7. The molecule has 0 aliphatic carbocycles. The van der Waals surface area contributed by atoms with E-state index in [0.29, 0.717) is 5.56 Å². The lowest BCUT2D eigenvalue weighted by Gasteiger charge is -2.04. The van der Waals surface area contributed by atoms with E-state index in [1.54, 1.807) is 18.2 Å². The molecule has 1 aromatic heterocycles. The van der Waals surface area contributed by atoms with Crippen molar-refractivity contribution < 1.29 is 19.5 Å². The van der Waals surface area contributed by atoms with Crippen LogP contribution in [0.4, 0.5) is 0 Å². The lowest BCUT2D eigenvalue weighted by molar-refractivity contribution is -0.144. The molecule has 2 rings (SSSR count). The van der Waals surface area contributed by atoms with Crippen LogP contribution in [-0.2, 0) is 9.63 Å². The Morgan fingerprint density at radius 3 is 2.79 bits per heavy atom. The number of aryl methyl sites for hydroxylation is 2. The summed E-state index contributed by atoms with van der Waals surface area (Å²) in [4.78, 5) is 29.8.